The largest absolute Gasteiger partial charge is 0.355 e. The molecule has 26 heavy (non-hydrogen) atoms. The SMILES string of the molecule is CC1(C)NC(=O)N(CCCC(=O)NCCNC2CCCCCC2)C1=O.Cl. The number of rotatable bonds is 8. The minimum atomic E-state index is -0.844. The molecule has 0 radical (unpaired) electrons. The molecule has 1 aliphatic carbocycles. The monoisotopic (exact) mass is 388 g/mol. The van der Waals surface area contributed by atoms with E-state index in [1.165, 1.54) is 43.4 Å². The fourth-order valence-corrected chi connectivity index (χ4v) is 3.47. The van der Waals surface area contributed by atoms with Gasteiger partial charge in [0.15, 0.2) is 0 Å². The maximum atomic E-state index is 12.0. The van der Waals surface area contributed by atoms with E-state index in [2.05, 4.69) is 16.0 Å². The van der Waals surface area contributed by atoms with Crippen LogP contribution in [-0.4, -0.2) is 54.0 Å². The molecule has 4 amide bonds. The molecule has 1 aliphatic heterocycles. The number of hydrogen-bond donors (Lipinski definition) is 3. The Morgan fingerprint density at radius 3 is 2.38 bits per heavy atom. The van der Waals surface area contributed by atoms with Gasteiger partial charge in [-0.25, -0.2) is 4.79 Å². The third kappa shape index (κ3) is 6.76. The van der Waals surface area contributed by atoms with Gasteiger partial charge in [-0.15, -0.1) is 12.4 Å². The Labute approximate surface area is 162 Å². The van der Waals surface area contributed by atoms with Crippen LogP contribution in [0.1, 0.15) is 65.2 Å². The van der Waals surface area contributed by atoms with Gasteiger partial charge in [-0.1, -0.05) is 25.7 Å². The van der Waals surface area contributed by atoms with Crippen LogP contribution in [0.5, 0.6) is 0 Å². The number of halogens is 1. The van der Waals surface area contributed by atoms with Crippen LogP contribution in [0.3, 0.4) is 0 Å². The zero-order chi connectivity index (χ0) is 18.3. The minimum Gasteiger partial charge on any atom is -0.355 e. The highest BCUT2D eigenvalue weighted by Crippen LogP contribution is 2.17. The van der Waals surface area contributed by atoms with Crippen molar-refractivity contribution < 1.29 is 14.4 Å². The van der Waals surface area contributed by atoms with Crippen LogP contribution >= 0.6 is 12.4 Å². The smallest absolute Gasteiger partial charge is 0.325 e. The molecule has 0 aromatic rings. The predicted molar refractivity (Wildman–Crippen MR) is 103 cm³/mol. The van der Waals surface area contributed by atoms with Gasteiger partial charge < -0.3 is 16.0 Å². The van der Waals surface area contributed by atoms with Crippen molar-refractivity contribution >= 4 is 30.3 Å². The zero-order valence-electron chi connectivity index (χ0n) is 15.9. The number of hydrogen-bond acceptors (Lipinski definition) is 4. The maximum Gasteiger partial charge on any atom is 0.325 e. The van der Waals surface area contributed by atoms with E-state index in [4.69, 9.17) is 0 Å². The van der Waals surface area contributed by atoms with E-state index in [9.17, 15) is 14.4 Å². The van der Waals surface area contributed by atoms with E-state index in [0.717, 1.165) is 6.54 Å². The van der Waals surface area contributed by atoms with Crippen molar-refractivity contribution in [2.45, 2.75) is 76.8 Å². The summed E-state index contributed by atoms with van der Waals surface area (Å²) in [6.45, 7) is 5.05. The van der Waals surface area contributed by atoms with Gasteiger partial charge >= 0.3 is 6.03 Å². The molecular weight excluding hydrogens is 356 g/mol. The van der Waals surface area contributed by atoms with E-state index in [1.54, 1.807) is 13.8 Å². The molecule has 0 aromatic carbocycles. The van der Waals surface area contributed by atoms with E-state index in [1.807, 2.05) is 0 Å². The predicted octanol–water partition coefficient (Wildman–Crippen LogP) is 1.95. The van der Waals surface area contributed by atoms with Gasteiger partial charge in [0.25, 0.3) is 5.91 Å². The normalized spacial score (nSPS) is 20.3. The standard InChI is InChI=1S/C18H32N4O3.ClH/c1-18(2)16(24)22(17(25)21-18)13-7-10-15(23)20-12-11-19-14-8-5-3-4-6-9-14;/h14,19H,3-13H2,1-2H3,(H,20,23)(H,21,25);1H. The molecule has 0 unspecified atom stereocenters. The van der Waals surface area contributed by atoms with Crippen molar-refractivity contribution in [3.63, 3.8) is 0 Å². The number of amides is 4. The van der Waals surface area contributed by atoms with Gasteiger partial charge in [0, 0.05) is 32.1 Å². The molecule has 1 saturated carbocycles. The number of nitrogens with zero attached hydrogens (tertiary/aromatic N) is 1. The molecule has 0 spiro atoms. The highest BCUT2D eigenvalue weighted by Gasteiger charge is 2.43. The summed E-state index contributed by atoms with van der Waals surface area (Å²) in [5.41, 5.74) is -0.844. The average molecular weight is 389 g/mol. The van der Waals surface area contributed by atoms with Crippen LogP contribution in [0, 0.1) is 0 Å². The van der Waals surface area contributed by atoms with Crippen LogP contribution in [0.15, 0.2) is 0 Å². The van der Waals surface area contributed by atoms with Crippen LogP contribution in [0.4, 0.5) is 4.79 Å². The van der Waals surface area contributed by atoms with Gasteiger partial charge in [-0.05, 0) is 33.1 Å². The van der Waals surface area contributed by atoms with Crippen molar-refractivity contribution in [3.8, 4) is 0 Å². The van der Waals surface area contributed by atoms with Crippen molar-refractivity contribution in [1.82, 2.24) is 20.9 Å². The number of carbonyl (C=O) groups is 3. The first-order valence-corrected chi connectivity index (χ1v) is 9.54. The molecule has 8 heteroatoms. The Kier molecular flexibility index (Phi) is 9.36. The fraction of sp³-hybridized carbons (Fsp3) is 0.833. The highest BCUT2D eigenvalue weighted by atomic mass is 35.5. The number of urea groups is 1. The molecule has 0 bridgehead atoms. The number of imide groups is 1. The van der Waals surface area contributed by atoms with Gasteiger partial charge in [-0.2, -0.15) is 0 Å². The molecule has 2 aliphatic rings. The Balaban J connectivity index is 0.00000338. The summed E-state index contributed by atoms with van der Waals surface area (Å²) in [6, 6.07) is 0.213. The Morgan fingerprint density at radius 1 is 1.15 bits per heavy atom. The topological polar surface area (TPSA) is 90.5 Å². The van der Waals surface area contributed by atoms with Crippen molar-refractivity contribution in [2.75, 3.05) is 19.6 Å². The number of carbonyl (C=O) groups excluding carboxylic acids is 3. The van der Waals surface area contributed by atoms with E-state index in [0.29, 0.717) is 25.4 Å². The first-order valence-electron chi connectivity index (χ1n) is 9.54. The van der Waals surface area contributed by atoms with E-state index in [-0.39, 0.29) is 36.8 Å². The molecule has 3 N–H and O–H groups in total. The minimum absolute atomic E-state index is 0. The molecule has 7 nitrogen and oxygen atoms in total. The van der Waals surface area contributed by atoms with Crippen molar-refractivity contribution in [2.24, 2.45) is 0 Å². The lowest BCUT2D eigenvalue weighted by Gasteiger charge is -2.17. The highest BCUT2D eigenvalue weighted by molar-refractivity contribution is 6.06. The summed E-state index contributed by atoms with van der Waals surface area (Å²) in [5, 5.41) is 9.05. The molecule has 2 rings (SSSR count). The Bertz CT molecular complexity index is 491. The summed E-state index contributed by atoms with van der Waals surface area (Å²) < 4.78 is 0. The summed E-state index contributed by atoms with van der Waals surface area (Å²) in [5.74, 6) is -0.264. The molecule has 1 saturated heterocycles. The first-order chi connectivity index (χ1) is 11.9. The van der Waals surface area contributed by atoms with E-state index < -0.39 is 5.54 Å². The third-order valence-electron chi connectivity index (χ3n) is 4.97. The molecular formula is C18H33ClN4O3. The van der Waals surface area contributed by atoms with Crippen molar-refractivity contribution in [3.05, 3.63) is 0 Å². The van der Waals surface area contributed by atoms with Gasteiger partial charge in [-0.3, -0.25) is 14.5 Å². The second-order valence-electron chi connectivity index (χ2n) is 7.61. The van der Waals surface area contributed by atoms with Gasteiger partial charge in [0.2, 0.25) is 5.91 Å². The lowest BCUT2D eigenvalue weighted by molar-refractivity contribution is -0.130. The van der Waals surface area contributed by atoms with Gasteiger partial charge in [0.1, 0.15) is 5.54 Å². The third-order valence-corrected chi connectivity index (χ3v) is 4.97. The lowest BCUT2D eigenvalue weighted by Crippen LogP contribution is -2.40. The quantitative estimate of drug-likeness (QED) is 0.337. The van der Waals surface area contributed by atoms with Crippen LogP contribution in [0.2, 0.25) is 0 Å². The Morgan fingerprint density at radius 2 is 1.81 bits per heavy atom. The Hall–Kier alpha value is -1.34. The number of nitrogens with one attached hydrogen (secondary N) is 3. The molecule has 0 atom stereocenters. The van der Waals surface area contributed by atoms with Crippen LogP contribution in [0.25, 0.3) is 0 Å². The molecule has 2 fully saturated rings. The molecule has 1 heterocycles. The fourth-order valence-electron chi connectivity index (χ4n) is 3.47. The second kappa shape index (κ2) is 10.7. The molecule has 0 aromatic heterocycles. The summed E-state index contributed by atoms with van der Waals surface area (Å²) in [7, 11) is 0. The summed E-state index contributed by atoms with van der Waals surface area (Å²) >= 11 is 0. The summed E-state index contributed by atoms with van der Waals surface area (Å²) in [4.78, 5) is 36.8. The lowest BCUT2D eigenvalue weighted by atomic mass is 10.1. The van der Waals surface area contributed by atoms with E-state index >= 15 is 0 Å². The van der Waals surface area contributed by atoms with Crippen LogP contribution in [-0.2, 0) is 9.59 Å². The summed E-state index contributed by atoms with van der Waals surface area (Å²) in [6.07, 6.45) is 8.53. The molecule has 150 valence electrons. The zero-order valence-corrected chi connectivity index (χ0v) is 16.8. The second-order valence-corrected chi connectivity index (χ2v) is 7.61. The average Bonchev–Trinajstić information content (AvgIpc) is 2.76. The first kappa shape index (κ1) is 22.7. The van der Waals surface area contributed by atoms with Crippen molar-refractivity contribution in [1.29, 1.82) is 0 Å². The maximum absolute atomic E-state index is 12.0. The van der Waals surface area contributed by atoms with Gasteiger partial charge in [0.05, 0.1) is 0 Å². The van der Waals surface area contributed by atoms with Crippen LogP contribution < -0.4 is 16.0 Å².